The lowest BCUT2D eigenvalue weighted by Gasteiger charge is -2.54. The molecule has 5 unspecified atom stereocenters. The molecule has 1 aromatic rings. The van der Waals surface area contributed by atoms with Crippen molar-refractivity contribution in [2.75, 3.05) is 0 Å². The van der Waals surface area contributed by atoms with E-state index in [1.54, 1.807) is 33.8 Å². The van der Waals surface area contributed by atoms with Gasteiger partial charge in [0.2, 0.25) is 0 Å². The molecule has 0 bridgehead atoms. The van der Waals surface area contributed by atoms with Crippen molar-refractivity contribution in [3.05, 3.63) is 34.9 Å². The largest absolute Gasteiger partial charge is 0.348 e. The third-order valence-corrected chi connectivity index (χ3v) is 28.8. The molecule has 0 amide bonds. The predicted molar refractivity (Wildman–Crippen MR) is 190 cm³/mol. The Labute approximate surface area is 294 Å². The molecule has 0 aliphatic carbocycles. The SMILES string of the molecule is CC(c1cccc(C(C(C)[Si](Cl)(Cl)Cl)(C(C)[Si](Cl)(Cl)Cl)C(C)[Si](Cl)(Cl)Cl)c1C(C)[Si](Cl)(Cl)Cl)[Si](Cl)(Cl)Cl. The van der Waals surface area contributed by atoms with E-state index >= 15 is 0 Å². The van der Waals surface area contributed by atoms with Gasteiger partial charge in [0.15, 0.2) is 0 Å². The quantitative estimate of drug-likeness (QED) is 0.153. The van der Waals surface area contributed by atoms with E-state index in [0.717, 1.165) is 0 Å². The molecule has 20 heteroatoms. The van der Waals surface area contributed by atoms with E-state index in [2.05, 4.69) is 0 Å². The van der Waals surface area contributed by atoms with Crippen LogP contribution in [0.1, 0.15) is 62.4 Å². The van der Waals surface area contributed by atoms with Crippen LogP contribution in [0.15, 0.2) is 18.2 Å². The first kappa shape index (κ1) is 39.7. The molecule has 0 aliphatic rings. The second-order valence-electron chi connectivity index (χ2n) is 9.06. The highest BCUT2D eigenvalue weighted by atomic mass is 35.9. The third kappa shape index (κ3) is 9.34. The standard InChI is InChI=1S/C17H23Cl15Si5/c1-9(33(18,19)20)14-7-6-8-15(16(14)10(2)34(21,22)23)17(11(3)35(24,25)26,12(4)36(27,28)29)13(5)37(30,31)32/h6-13H,1-5H3. The summed E-state index contributed by atoms with van der Waals surface area (Å²) in [6.07, 6.45) is 0. The zero-order chi connectivity index (χ0) is 29.7. The van der Waals surface area contributed by atoms with E-state index in [-0.39, 0.29) is 0 Å². The average Bonchev–Trinajstić information content (AvgIpc) is 2.69. The molecule has 216 valence electrons. The van der Waals surface area contributed by atoms with Crippen molar-refractivity contribution in [3.8, 4) is 0 Å². The van der Waals surface area contributed by atoms with Crippen molar-refractivity contribution < 1.29 is 0 Å². The Morgan fingerprint density at radius 2 is 0.811 bits per heavy atom. The van der Waals surface area contributed by atoms with E-state index in [0.29, 0.717) is 16.7 Å². The molecule has 0 radical (unpaired) electrons. The maximum Gasteiger partial charge on any atom is 0.348 e. The summed E-state index contributed by atoms with van der Waals surface area (Å²) in [7, 11) is 0. The maximum absolute atomic E-state index is 6.72. The molecule has 1 rings (SSSR count). The van der Waals surface area contributed by atoms with Crippen LogP contribution in [0.25, 0.3) is 0 Å². The van der Waals surface area contributed by atoms with E-state index in [1.165, 1.54) is 0 Å². The highest BCUT2D eigenvalue weighted by Gasteiger charge is 2.65. The van der Waals surface area contributed by atoms with Crippen molar-refractivity contribution in [1.29, 1.82) is 0 Å². The molecule has 0 spiro atoms. The summed E-state index contributed by atoms with van der Waals surface area (Å²) in [5, 5.41) is 0. The first-order valence-corrected chi connectivity index (χ1v) is 36.2. The molecule has 0 saturated carbocycles. The summed E-state index contributed by atoms with van der Waals surface area (Å²) in [6.45, 7) is 8.95. The Hall–Kier alpha value is 4.65. The first-order valence-electron chi connectivity index (χ1n) is 10.6. The Bertz CT molecular complexity index is 881. The summed E-state index contributed by atoms with van der Waals surface area (Å²) in [4.78, 5) is 0. The minimum absolute atomic E-state index is 0.505. The van der Waals surface area contributed by atoms with Crippen LogP contribution in [0.5, 0.6) is 0 Å². The lowest BCUT2D eigenvalue weighted by molar-refractivity contribution is 0.371. The second-order valence-corrected chi connectivity index (χ2v) is 54.3. The van der Waals surface area contributed by atoms with Gasteiger partial charge in [0.1, 0.15) is 0 Å². The maximum atomic E-state index is 6.72. The smallest absolute Gasteiger partial charge is 0.126 e. The average molecular weight is 900 g/mol. The van der Waals surface area contributed by atoms with Crippen LogP contribution < -0.4 is 0 Å². The van der Waals surface area contributed by atoms with Gasteiger partial charge in [0, 0.05) is 33.1 Å². The summed E-state index contributed by atoms with van der Waals surface area (Å²) in [5.74, 6) is 0. The normalized spacial score (nSPS) is 20.1. The molecule has 0 N–H and O–H groups in total. The Balaban J connectivity index is 4.58. The molecule has 0 saturated heterocycles. The van der Waals surface area contributed by atoms with E-state index in [4.69, 9.17) is 166 Å². The fourth-order valence-electron chi connectivity index (χ4n) is 4.80. The van der Waals surface area contributed by atoms with Crippen LogP contribution in [0.2, 0.25) is 16.6 Å². The van der Waals surface area contributed by atoms with Crippen LogP contribution >= 0.6 is 166 Å². The fourth-order valence-corrected chi connectivity index (χ4v) is 17.1. The van der Waals surface area contributed by atoms with Crippen LogP contribution in [-0.4, -0.2) is 30.0 Å². The fraction of sp³-hybridized carbons (Fsp3) is 0.647. The lowest BCUT2D eigenvalue weighted by Crippen LogP contribution is -2.53. The van der Waals surface area contributed by atoms with Crippen LogP contribution in [0.3, 0.4) is 0 Å². The Morgan fingerprint density at radius 1 is 0.486 bits per heavy atom. The zero-order valence-electron chi connectivity index (χ0n) is 19.8. The van der Waals surface area contributed by atoms with Gasteiger partial charge in [0.05, 0.1) is 0 Å². The van der Waals surface area contributed by atoms with Crippen molar-refractivity contribution >= 4 is 196 Å². The van der Waals surface area contributed by atoms with Gasteiger partial charge in [-0.2, -0.15) is 0 Å². The number of hydrogen-bond acceptors (Lipinski definition) is 0. The van der Waals surface area contributed by atoms with Gasteiger partial charge in [-0.1, -0.05) is 52.8 Å². The van der Waals surface area contributed by atoms with E-state index in [9.17, 15) is 0 Å². The monoisotopic (exact) mass is 892 g/mol. The molecular formula is C17H23Cl15Si5. The topological polar surface area (TPSA) is 0 Å². The van der Waals surface area contributed by atoms with E-state index in [1.807, 2.05) is 19.1 Å². The highest BCUT2D eigenvalue weighted by molar-refractivity contribution is 7.67. The second kappa shape index (κ2) is 14.0. The van der Waals surface area contributed by atoms with Gasteiger partial charge in [-0.3, -0.25) is 0 Å². The Morgan fingerprint density at radius 3 is 1.08 bits per heavy atom. The highest BCUT2D eigenvalue weighted by Crippen LogP contribution is 2.68. The van der Waals surface area contributed by atoms with Gasteiger partial charge >= 0.3 is 30.0 Å². The molecule has 1 aromatic carbocycles. The van der Waals surface area contributed by atoms with Gasteiger partial charge in [0.25, 0.3) is 0 Å². The molecule has 0 aliphatic heterocycles. The van der Waals surface area contributed by atoms with Gasteiger partial charge in [-0.15, -0.1) is 166 Å². The molecule has 0 aromatic heterocycles. The van der Waals surface area contributed by atoms with E-state index < -0.39 is 63.1 Å². The third-order valence-electron chi connectivity index (χ3n) is 7.11. The molecule has 5 atom stereocenters. The first-order chi connectivity index (χ1) is 16.1. The minimum atomic E-state index is -3.59. The zero-order valence-corrected chi connectivity index (χ0v) is 36.1. The van der Waals surface area contributed by atoms with Crippen molar-refractivity contribution in [2.45, 2.75) is 67.7 Å². The van der Waals surface area contributed by atoms with Crippen molar-refractivity contribution in [1.82, 2.24) is 0 Å². The summed E-state index contributed by atoms with van der Waals surface area (Å²) in [6, 6.07) is -12.1. The van der Waals surface area contributed by atoms with Crippen molar-refractivity contribution in [3.63, 3.8) is 0 Å². The van der Waals surface area contributed by atoms with Gasteiger partial charge in [-0.25, -0.2) is 0 Å². The molecular weight excluding hydrogens is 876 g/mol. The number of rotatable bonds is 11. The summed E-state index contributed by atoms with van der Waals surface area (Å²) in [5.41, 5.74) is -2.59. The Kier molecular flexibility index (Phi) is 15.0. The molecule has 0 nitrogen and oxygen atoms in total. The summed E-state index contributed by atoms with van der Waals surface area (Å²) < 4.78 is 0. The summed E-state index contributed by atoms with van der Waals surface area (Å²) >= 11 is 99.8. The molecule has 0 heterocycles. The van der Waals surface area contributed by atoms with Gasteiger partial charge < -0.3 is 0 Å². The van der Waals surface area contributed by atoms with Crippen LogP contribution in [-0.2, 0) is 5.41 Å². The molecule has 37 heavy (non-hydrogen) atoms. The van der Waals surface area contributed by atoms with Crippen LogP contribution in [0, 0.1) is 0 Å². The minimum Gasteiger partial charge on any atom is -0.126 e. The number of halogens is 15. The lowest BCUT2D eigenvalue weighted by atomic mass is 9.69. The molecule has 0 fully saturated rings. The van der Waals surface area contributed by atoms with Crippen molar-refractivity contribution in [2.24, 2.45) is 0 Å². The predicted octanol–water partition coefficient (Wildman–Crippen LogP) is 13.7. The van der Waals surface area contributed by atoms with Crippen LogP contribution in [0.4, 0.5) is 0 Å². The number of hydrogen-bond donors (Lipinski definition) is 0. The van der Waals surface area contributed by atoms with Gasteiger partial charge in [-0.05, 0) is 16.7 Å². The number of benzene rings is 1.